The quantitative estimate of drug-likeness (QED) is 0.672. The first-order chi connectivity index (χ1) is 6.83. The Balaban J connectivity index is 2.72. The summed E-state index contributed by atoms with van der Waals surface area (Å²) in [4.78, 5) is 0. The molecule has 1 heteroatoms. The number of rotatable bonds is 1. The number of benzene rings is 2. The monoisotopic (exact) mass is 181 g/mol. The molecule has 0 saturated heterocycles. The van der Waals surface area contributed by atoms with Crippen LogP contribution in [0.2, 0.25) is 0 Å². The Morgan fingerprint density at radius 3 is 2.57 bits per heavy atom. The summed E-state index contributed by atoms with van der Waals surface area (Å²) in [5.74, 6) is 2.55. The van der Waals surface area contributed by atoms with Crippen molar-refractivity contribution in [1.82, 2.24) is 0 Å². The van der Waals surface area contributed by atoms with Gasteiger partial charge in [0.1, 0.15) is 0 Å². The fraction of sp³-hybridized carbons (Fsp3) is 0.0769. The third-order valence-corrected chi connectivity index (χ3v) is 2.34. The molecular formula is C13H11N. The van der Waals surface area contributed by atoms with Crippen LogP contribution in [0.25, 0.3) is 10.8 Å². The minimum absolute atomic E-state index is 0.318. The molecule has 0 bridgehead atoms. The maximum Gasteiger partial charge on any atom is 0.0924 e. The van der Waals surface area contributed by atoms with Crippen LogP contribution in [0.4, 0.5) is 0 Å². The largest absolute Gasteiger partial charge is 0.314 e. The molecule has 0 aliphatic rings. The van der Waals surface area contributed by atoms with Crippen LogP contribution < -0.4 is 5.73 Å². The van der Waals surface area contributed by atoms with E-state index < -0.39 is 0 Å². The summed E-state index contributed by atoms with van der Waals surface area (Å²) in [7, 11) is 0. The van der Waals surface area contributed by atoms with Gasteiger partial charge in [-0.3, -0.25) is 0 Å². The highest BCUT2D eigenvalue weighted by atomic mass is 14.6. The molecule has 0 radical (unpaired) electrons. The van der Waals surface area contributed by atoms with Gasteiger partial charge in [0.25, 0.3) is 0 Å². The van der Waals surface area contributed by atoms with Gasteiger partial charge in [-0.25, -0.2) is 0 Å². The lowest BCUT2D eigenvalue weighted by molar-refractivity contribution is 0.958. The molecule has 2 aromatic rings. The van der Waals surface area contributed by atoms with E-state index in [1.807, 2.05) is 30.3 Å². The molecule has 0 aliphatic heterocycles. The van der Waals surface area contributed by atoms with Crippen molar-refractivity contribution in [3.63, 3.8) is 0 Å². The van der Waals surface area contributed by atoms with Crippen molar-refractivity contribution in [2.75, 3.05) is 0 Å². The first-order valence-corrected chi connectivity index (χ1v) is 4.52. The van der Waals surface area contributed by atoms with Crippen molar-refractivity contribution >= 4 is 10.8 Å². The highest BCUT2D eigenvalue weighted by Gasteiger charge is 2.05. The van der Waals surface area contributed by atoms with Gasteiger partial charge in [-0.1, -0.05) is 48.4 Å². The average Bonchev–Trinajstić information content (AvgIpc) is 2.27. The maximum absolute atomic E-state index is 5.82. The number of fused-ring (bicyclic) bond motifs is 1. The lowest BCUT2D eigenvalue weighted by Gasteiger charge is -2.08. The summed E-state index contributed by atoms with van der Waals surface area (Å²) >= 11 is 0. The van der Waals surface area contributed by atoms with Gasteiger partial charge in [-0.15, -0.1) is 6.42 Å². The number of hydrogen-bond acceptors (Lipinski definition) is 1. The molecule has 0 saturated carbocycles. The maximum atomic E-state index is 5.82. The summed E-state index contributed by atoms with van der Waals surface area (Å²) < 4.78 is 0. The molecular weight excluding hydrogens is 170 g/mol. The van der Waals surface area contributed by atoms with Crippen molar-refractivity contribution in [2.24, 2.45) is 5.73 Å². The predicted molar refractivity (Wildman–Crippen MR) is 59.7 cm³/mol. The summed E-state index contributed by atoms with van der Waals surface area (Å²) in [5.41, 5.74) is 6.84. The van der Waals surface area contributed by atoms with Crippen molar-refractivity contribution in [3.05, 3.63) is 48.0 Å². The Morgan fingerprint density at radius 1 is 1.07 bits per heavy atom. The van der Waals surface area contributed by atoms with E-state index in [1.165, 1.54) is 5.39 Å². The van der Waals surface area contributed by atoms with E-state index in [0.717, 1.165) is 10.9 Å². The van der Waals surface area contributed by atoms with Crippen molar-refractivity contribution < 1.29 is 0 Å². The second-order valence-corrected chi connectivity index (χ2v) is 3.21. The summed E-state index contributed by atoms with van der Waals surface area (Å²) in [5, 5.41) is 2.32. The van der Waals surface area contributed by atoms with Crippen LogP contribution in [0.1, 0.15) is 11.6 Å². The number of hydrogen-bond donors (Lipinski definition) is 1. The van der Waals surface area contributed by atoms with Crippen LogP contribution in [0.3, 0.4) is 0 Å². The van der Waals surface area contributed by atoms with Crippen LogP contribution in [0, 0.1) is 12.3 Å². The lowest BCUT2D eigenvalue weighted by Crippen LogP contribution is -2.07. The first-order valence-electron chi connectivity index (χ1n) is 4.52. The Kier molecular flexibility index (Phi) is 2.22. The smallest absolute Gasteiger partial charge is 0.0924 e. The lowest BCUT2D eigenvalue weighted by atomic mass is 10.00. The Labute approximate surface area is 83.5 Å². The van der Waals surface area contributed by atoms with E-state index in [0.29, 0.717) is 0 Å². The van der Waals surface area contributed by atoms with Gasteiger partial charge in [-0.2, -0.15) is 0 Å². The van der Waals surface area contributed by atoms with E-state index in [2.05, 4.69) is 18.1 Å². The standard InChI is InChI=1S/C13H11N/c1-2-13(14)12-9-5-7-10-6-3-4-8-11(10)12/h1,3-9,13H,14H2/t13-/m0/s1. The van der Waals surface area contributed by atoms with E-state index in [9.17, 15) is 0 Å². The van der Waals surface area contributed by atoms with Crippen molar-refractivity contribution in [3.8, 4) is 12.3 Å². The van der Waals surface area contributed by atoms with Gasteiger partial charge in [0.2, 0.25) is 0 Å². The van der Waals surface area contributed by atoms with Gasteiger partial charge in [0.05, 0.1) is 6.04 Å². The van der Waals surface area contributed by atoms with E-state index in [1.54, 1.807) is 0 Å². The molecule has 0 amide bonds. The van der Waals surface area contributed by atoms with Crippen LogP contribution in [-0.4, -0.2) is 0 Å². The van der Waals surface area contributed by atoms with Crippen LogP contribution in [0.5, 0.6) is 0 Å². The minimum Gasteiger partial charge on any atom is -0.314 e. The normalized spacial score (nSPS) is 12.3. The molecule has 1 atom stereocenters. The van der Waals surface area contributed by atoms with Crippen LogP contribution in [-0.2, 0) is 0 Å². The Morgan fingerprint density at radius 2 is 1.79 bits per heavy atom. The molecule has 0 heterocycles. The highest BCUT2D eigenvalue weighted by Crippen LogP contribution is 2.22. The SMILES string of the molecule is C#C[C@H](N)c1cccc2ccccc12. The molecule has 0 spiro atoms. The third kappa shape index (κ3) is 1.37. The zero-order valence-electron chi connectivity index (χ0n) is 7.77. The van der Waals surface area contributed by atoms with Gasteiger partial charge in [0, 0.05) is 0 Å². The van der Waals surface area contributed by atoms with Gasteiger partial charge < -0.3 is 5.73 Å². The van der Waals surface area contributed by atoms with Crippen LogP contribution in [0.15, 0.2) is 42.5 Å². The topological polar surface area (TPSA) is 26.0 Å². The highest BCUT2D eigenvalue weighted by molar-refractivity contribution is 5.86. The predicted octanol–water partition coefficient (Wildman–Crippen LogP) is 2.47. The van der Waals surface area contributed by atoms with Crippen molar-refractivity contribution in [1.29, 1.82) is 0 Å². The first kappa shape index (κ1) is 8.80. The molecule has 68 valence electrons. The average molecular weight is 181 g/mol. The zero-order valence-corrected chi connectivity index (χ0v) is 7.77. The molecule has 0 unspecified atom stereocenters. The molecule has 0 fully saturated rings. The van der Waals surface area contributed by atoms with Gasteiger partial charge >= 0.3 is 0 Å². The van der Waals surface area contributed by atoms with Crippen LogP contribution >= 0.6 is 0 Å². The molecule has 2 N–H and O–H groups in total. The zero-order chi connectivity index (χ0) is 9.97. The molecule has 1 nitrogen and oxygen atoms in total. The van der Waals surface area contributed by atoms with Gasteiger partial charge in [0.15, 0.2) is 0 Å². The minimum atomic E-state index is -0.318. The molecule has 2 rings (SSSR count). The second-order valence-electron chi connectivity index (χ2n) is 3.21. The molecule has 0 aromatic heterocycles. The summed E-state index contributed by atoms with van der Waals surface area (Å²) in [6.45, 7) is 0. The van der Waals surface area contributed by atoms with E-state index >= 15 is 0 Å². The summed E-state index contributed by atoms with van der Waals surface area (Å²) in [6, 6.07) is 13.8. The second kappa shape index (κ2) is 3.53. The molecule has 2 aromatic carbocycles. The van der Waals surface area contributed by atoms with E-state index in [4.69, 9.17) is 12.2 Å². The van der Waals surface area contributed by atoms with Gasteiger partial charge in [-0.05, 0) is 16.3 Å². The Bertz CT molecular complexity index is 489. The van der Waals surface area contributed by atoms with E-state index in [-0.39, 0.29) is 6.04 Å². The number of nitrogens with two attached hydrogens (primary N) is 1. The molecule has 0 aliphatic carbocycles. The summed E-state index contributed by atoms with van der Waals surface area (Å²) in [6.07, 6.45) is 5.32. The number of terminal acetylenes is 1. The fourth-order valence-corrected chi connectivity index (χ4v) is 1.61. The third-order valence-electron chi connectivity index (χ3n) is 2.34. The fourth-order valence-electron chi connectivity index (χ4n) is 1.61. The van der Waals surface area contributed by atoms with Crippen molar-refractivity contribution in [2.45, 2.75) is 6.04 Å². The Hall–Kier alpha value is -1.78. The molecule has 14 heavy (non-hydrogen) atoms.